The summed E-state index contributed by atoms with van der Waals surface area (Å²) in [5.74, 6) is 1.63. The Morgan fingerprint density at radius 1 is 1.00 bits per heavy atom. The standard InChI is InChI=1S/C20H20ClNO2/c1-14(20(23)16-5-3-2-4-6-16)22-13-18-11-12-19(24-18)15-7-9-17(21)10-8-15/h2-12,14,20,22-23H,13H2,1H3/t14-,20+/m0/s1. The second kappa shape index (κ2) is 7.67. The van der Waals surface area contributed by atoms with Gasteiger partial charge in [-0.2, -0.15) is 0 Å². The molecule has 0 aliphatic rings. The first-order valence-corrected chi connectivity index (χ1v) is 8.32. The van der Waals surface area contributed by atoms with Crippen molar-refractivity contribution in [3.63, 3.8) is 0 Å². The third kappa shape index (κ3) is 4.06. The quantitative estimate of drug-likeness (QED) is 0.676. The van der Waals surface area contributed by atoms with E-state index in [9.17, 15) is 5.11 Å². The highest BCUT2D eigenvalue weighted by molar-refractivity contribution is 6.30. The first kappa shape index (κ1) is 16.8. The van der Waals surface area contributed by atoms with Crippen molar-refractivity contribution < 1.29 is 9.52 Å². The van der Waals surface area contributed by atoms with E-state index in [1.54, 1.807) is 0 Å². The van der Waals surface area contributed by atoms with Gasteiger partial charge >= 0.3 is 0 Å². The first-order chi connectivity index (χ1) is 11.6. The second-order valence-electron chi connectivity index (χ2n) is 5.80. The Morgan fingerprint density at radius 3 is 2.42 bits per heavy atom. The highest BCUT2D eigenvalue weighted by atomic mass is 35.5. The summed E-state index contributed by atoms with van der Waals surface area (Å²) in [6, 6.07) is 21.0. The van der Waals surface area contributed by atoms with Crippen molar-refractivity contribution in [3.8, 4) is 11.3 Å². The molecule has 0 saturated heterocycles. The highest BCUT2D eigenvalue weighted by Gasteiger charge is 2.16. The van der Waals surface area contributed by atoms with Crippen molar-refractivity contribution in [3.05, 3.63) is 83.1 Å². The lowest BCUT2D eigenvalue weighted by Crippen LogP contribution is -2.31. The lowest BCUT2D eigenvalue weighted by molar-refractivity contribution is 0.134. The number of halogens is 1. The third-order valence-corrected chi connectivity index (χ3v) is 4.26. The summed E-state index contributed by atoms with van der Waals surface area (Å²) in [5, 5.41) is 14.4. The second-order valence-corrected chi connectivity index (χ2v) is 6.23. The minimum atomic E-state index is -0.558. The molecule has 2 aromatic carbocycles. The maximum Gasteiger partial charge on any atom is 0.134 e. The SMILES string of the molecule is C[C@H](NCc1ccc(-c2ccc(Cl)cc2)o1)[C@@H](O)c1ccccc1. The molecule has 3 nitrogen and oxygen atoms in total. The van der Waals surface area contributed by atoms with Gasteiger partial charge in [-0.1, -0.05) is 41.9 Å². The van der Waals surface area contributed by atoms with Crippen LogP contribution in [-0.2, 0) is 6.54 Å². The number of benzene rings is 2. The number of nitrogens with one attached hydrogen (secondary N) is 1. The smallest absolute Gasteiger partial charge is 0.134 e. The number of rotatable bonds is 6. The van der Waals surface area contributed by atoms with E-state index < -0.39 is 6.10 Å². The number of furan rings is 1. The number of aliphatic hydroxyl groups excluding tert-OH is 1. The summed E-state index contributed by atoms with van der Waals surface area (Å²) in [5.41, 5.74) is 1.89. The molecule has 24 heavy (non-hydrogen) atoms. The zero-order valence-electron chi connectivity index (χ0n) is 13.4. The van der Waals surface area contributed by atoms with Gasteiger partial charge in [0.1, 0.15) is 11.5 Å². The van der Waals surface area contributed by atoms with Crippen molar-refractivity contribution in [1.29, 1.82) is 0 Å². The first-order valence-electron chi connectivity index (χ1n) is 7.94. The molecule has 3 aromatic rings. The van der Waals surface area contributed by atoms with Crippen LogP contribution in [0.5, 0.6) is 0 Å². The molecule has 0 bridgehead atoms. The predicted molar refractivity (Wildman–Crippen MR) is 96.9 cm³/mol. The van der Waals surface area contributed by atoms with Crippen LogP contribution in [0.3, 0.4) is 0 Å². The van der Waals surface area contributed by atoms with E-state index in [4.69, 9.17) is 16.0 Å². The maximum absolute atomic E-state index is 10.4. The molecule has 2 N–H and O–H groups in total. The third-order valence-electron chi connectivity index (χ3n) is 4.00. The van der Waals surface area contributed by atoms with Crippen LogP contribution >= 0.6 is 11.6 Å². The molecule has 124 valence electrons. The van der Waals surface area contributed by atoms with E-state index in [1.807, 2.05) is 73.7 Å². The van der Waals surface area contributed by atoms with Gasteiger partial charge in [0, 0.05) is 16.6 Å². The van der Waals surface area contributed by atoms with Crippen molar-refractivity contribution in [2.45, 2.75) is 25.6 Å². The van der Waals surface area contributed by atoms with E-state index >= 15 is 0 Å². The van der Waals surface area contributed by atoms with Crippen molar-refractivity contribution in [2.75, 3.05) is 0 Å². The molecule has 2 atom stereocenters. The topological polar surface area (TPSA) is 45.4 Å². The molecular weight excluding hydrogens is 322 g/mol. The van der Waals surface area contributed by atoms with Crippen LogP contribution in [0.2, 0.25) is 5.02 Å². The van der Waals surface area contributed by atoms with Gasteiger partial charge < -0.3 is 14.8 Å². The fourth-order valence-electron chi connectivity index (χ4n) is 2.55. The van der Waals surface area contributed by atoms with Gasteiger partial charge in [0.25, 0.3) is 0 Å². The van der Waals surface area contributed by atoms with Crippen LogP contribution in [0.4, 0.5) is 0 Å². The van der Waals surface area contributed by atoms with Crippen LogP contribution < -0.4 is 5.32 Å². The van der Waals surface area contributed by atoms with Crippen molar-refractivity contribution in [1.82, 2.24) is 5.32 Å². The molecule has 0 unspecified atom stereocenters. The summed E-state index contributed by atoms with van der Waals surface area (Å²) in [4.78, 5) is 0. The Hall–Kier alpha value is -2.07. The number of aliphatic hydroxyl groups is 1. The number of hydrogen-bond donors (Lipinski definition) is 2. The molecule has 0 saturated carbocycles. The molecule has 3 rings (SSSR count). The van der Waals surface area contributed by atoms with E-state index in [0.717, 1.165) is 22.6 Å². The van der Waals surface area contributed by atoms with E-state index in [0.29, 0.717) is 11.6 Å². The normalized spacial score (nSPS) is 13.6. The van der Waals surface area contributed by atoms with Crippen LogP contribution in [0.25, 0.3) is 11.3 Å². The Morgan fingerprint density at radius 2 is 1.71 bits per heavy atom. The average molecular weight is 342 g/mol. The molecule has 0 radical (unpaired) electrons. The maximum atomic E-state index is 10.4. The van der Waals surface area contributed by atoms with Gasteiger partial charge in [0.05, 0.1) is 12.6 Å². The molecule has 1 heterocycles. The predicted octanol–water partition coefficient (Wildman–Crippen LogP) is 4.81. The van der Waals surface area contributed by atoms with Gasteiger partial charge in [-0.15, -0.1) is 0 Å². The Labute approximate surface area is 146 Å². The largest absolute Gasteiger partial charge is 0.460 e. The minimum Gasteiger partial charge on any atom is -0.460 e. The molecule has 1 aromatic heterocycles. The van der Waals surface area contributed by atoms with Gasteiger partial charge in [-0.25, -0.2) is 0 Å². The summed E-state index contributed by atoms with van der Waals surface area (Å²) in [7, 11) is 0. The zero-order chi connectivity index (χ0) is 16.9. The van der Waals surface area contributed by atoms with E-state index in [2.05, 4.69) is 5.32 Å². The van der Waals surface area contributed by atoms with Gasteiger partial charge in [0.15, 0.2) is 0 Å². The van der Waals surface area contributed by atoms with Gasteiger partial charge in [-0.05, 0) is 48.9 Å². The average Bonchev–Trinajstić information content (AvgIpc) is 3.09. The molecule has 0 aliphatic heterocycles. The van der Waals surface area contributed by atoms with Crippen LogP contribution in [0, 0.1) is 0 Å². The Bertz CT molecular complexity index is 768. The Balaban J connectivity index is 1.60. The molecule has 0 spiro atoms. The minimum absolute atomic E-state index is 0.0866. The molecule has 0 fully saturated rings. The van der Waals surface area contributed by atoms with Crippen LogP contribution in [0.15, 0.2) is 71.1 Å². The van der Waals surface area contributed by atoms with E-state index in [-0.39, 0.29) is 6.04 Å². The van der Waals surface area contributed by atoms with Crippen molar-refractivity contribution >= 4 is 11.6 Å². The van der Waals surface area contributed by atoms with Crippen LogP contribution in [0.1, 0.15) is 24.4 Å². The van der Waals surface area contributed by atoms with Crippen molar-refractivity contribution in [2.24, 2.45) is 0 Å². The lowest BCUT2D eigenvalue weighted by atomic mass is 10.0. The van der Waals surface area contributed by atoms with Gasteiger partial charge in [-0.3, -0.25) is 0 Å². The fraction of sp³-hybridized carbons (Fsp3) is 0.200. The lowest BCUT2D eigenvalue weighted by Gasteiger charge is -2.20. The molecule has 0 aliphatic carbocycles. The summed E-state index contributed by atoms with van der Waals surface area (Å²) < 4.78 is 5.86. The fourth-order valence-corrected chi connectivity index (χ4v) is 2.68. The zero-order valence-corrected chi connectivity index (χ0v) is 14.2. The summed E-state index contributed by atoms with van der Waals surface area (Å²) >= 11 is 5.90. The Kier molecular flexibility index (Phi) is 5.36. The molecule has 4 heteroatoms. The number of hydrogen-bond acceptors (Lipinski definition) is 3. The van der Waals surface area contributed by atoms with Crippen LogP contribution in [-0.4, -0.2) is 11.1 Å². The van der Waals surface area contributed by atoms with E-state index in [1.165, 1.54) is 0 Å². The highest BCUT2D eigenvalue weighted by Crippen LogP contribution is 2.24. The van der Waals surface area contributed by atoms with Gasteiger partial charge in [0.2, 0.25) is 0 Å². The monoisotopic (exact) mass is 341 g/mol. The summed E-state index contributed by atoms with van der Waals surface area (Å²) in [6.07, 6.45) is -0.558. The molecule has 0 amide bonds. The molecular formula is C20H20ClNO2. The summed E-state index contributed by atoms with van der Waals surface area (Å²) in [6.45, 7) is 2.51.